The third-order valence-electron chi connectivity index (χ3n) is 13.8. The van der Waals surface area contributed by atoms with Crippen LogP contribution < -0.4 is 0 Å². The topological polar surface area (TPSA) is 108 Å². The first-order chi connectivity index (χ1) is 24.3. The van der Waals surface area contributed by atoms with E-state index in [0.717, 1.165) is 38.5 Å². The third-order valence-corrected chi connectivity index (χ3v) is 13.8. The lowest BCUT2D eigenvalue weighted by atomic mass is 9.45. The number of benzene rings is 2. The summed E-state index contributed by atoms with van der Waals surface area (Å²) in [7, 11) is 0. The summed E-state index contributed by atoms with van der Waals surface area (Å²) in [5.41, 5.74) is 0.870. The number of fused-ring (bicyclic) bond motifs is 7. The summed E-state index contributed by atoms with van der Waals surface area (Å²) in [6.07, 6.45) is 8.58. The molecule has 1 N–H and O–H groups in total. The minimum Gasteiger partial charge on any atom is -0.463 e. The number of esters is 3. The van der Waals surface area contributed by atoms with Crippen LogP contribution in [0.2, 0.25) is 0 Å². The van der Waals surface area contributed by atoms with Crippen molar-refractivity contribution < 1.29 is 38.4 Å². The minimum atomic E-state index is -1.20. The molecule has 1 saturated heterocycles. The van der Waals surface area contributed by atoms with Gasteiger partial charge in [-0.1, -0.05) is 68.8 Å². The fraction of sp³-hybridized carbons (Fsp3) is 0.605. The largest absolute Gasteiger partial charge is 0.463 e. The molecule has 2 aromatic carbocycles. The molecule has 0 spiro atoms. The van der Waals surface area contributed by atoms with E-state index in [1.54, 1.807) is 31.2 Å². The molecule has 4 aliphatic carbocycles. The van der Waals surface area contributed by atoms with Crippen LogP contribution in [0.5, 0.6) is 0 Å². The molecule has 3 saturated carbocycles. The van der Waals surface area contributed by atoms with Gasteiger partial charge >= 0.3 is 17.9 Å². The van der Waals surface area contributed by atoms with Crippen LogP contribution in [0.15, 0.2) is 72.3 Å². The molecule has 8 nitrogen and oxygen atoms in total. The smallest absolute Gasteiger partial charge is 0.338 e. The highest BCUT2D eigenvalue weighted by molar-refractivity contribution is 5.90. The highest BCUT2D eigenvalue weighted by atomic mass is 16.6. The quantitative estimate of drug-likeness (QED) is 0.161. The molecule has 7 rings (SSSR count). The maximum absolute atomic E-state index is 13.8. The highest BCUT2D eigenvalue weighted by Crippen LogP contribution is 2.69. The molecule has 0 amide bonds. The van der Waals surface area contributed by atoms with Crippen LogP contribution in [0.1, 0.15) is 107 Å². The Morgan fingerprint density at radius 3 is 2.25 bits per heavy atom. The maximum Gasteiger partial charge on any atom is 0.338 e. The Labute approximate surface area is 302 Å². The number of hydrogen-bond donors (Lipinski definition) is 1. The van der Waals surface area contributed by atoms with E-state index in [2.05, 4.69) is 26.8 Å². The van der Waals surface area contributed by atoms with Crippen LogP contribution >= 0.6 is 0 Å². The maximum atomic E-state index is 13.8. The standard InChI is InChI=1S/C43H54O8/c1-26-35(19-20-41(3,47)25-48-39(45)28-12-8-6-9-13-28)50-36-23-34-32-17-16-30-22-31(49-27(2)44)18-21-42(30,4)33(32)24-37(43(34,5)38(26)36)51-40(46)29-14-10-7-11-15-29/h6-15,23,26,30-33,35-38,47H,16-22,24-25H2,1-5H3/t26-,30+,31+,32-,33+,35-,36+,37-,38+,41?,42+,43-/m1/s1. The van der Waals surface area contributed by atoms with Crippen LogP contribution in [0.25, 0.3) is 0 Å². The molecule has 1 heterocycles. The number of carbonyl (C=O) groups excluding carboxylic acids is 3. The summed E-state index contributed by atoms with van der Waals surface area (Å²) in [5.74, 6) is 0.511. The van der Waals surface area contributed by atoms with Gasteiger partial charge in [-0.2, -0.15) is 0 Å². The molecule has 1 unspecified atom stereocenters. The number of rotatable bonds is 9. The molecule has 8 heteroatoms. The summed E-state index contributed by atoms with van der Waals surface area (Å²) in [4.78, 5) is 38.1. The van der Waals surface area contributed by atoms with Gasteiger partial charge in [0.25, 0.3) is 0 Å². The second kappa shape index (κ2) is 13.8. The first kappa shape index (κ1) is 35.9. The molecule has 2 aromatic rings. The van der Waals surface area contributed by atoms with Crippen LogP contribution in [-0.2, 0) is 23.7 Å². The van der Waals surface area contributed by atoms with Gasteiger partial charge in [0.2, 0.25) is 0 Å². The molecular weight excluding hydrogens is 644 g/mol. The average Bonchev–Trinajstić information content (AvgIpc) is 3.60. The van der Waals surface area contributed by atoms with Crippen molar-refractivity contribution in [2.24, 2.45) is 40.4 Å². The Kier molecular flexibility index (Phi) is 9.72. The van der Waals surface area contributed by atoms with Gasteiger partial charge in [-0.15, -0.1) is 0 Å². The zero-order valence-electron chi connectivity index (χ0n) is 30.7. The van der Waals surface area contributed by atoms with Crippen molar-refractivity contribution in [2.75, 3.05) is 6.61 Å². The molecule has 0 aromatic heterocycles. The first-order valence-electron chi connectivity index (χ1n) is 19.1. The van der Waals surface area contributed by atoms with Gasteiger partial charge in [-0.25, -0.2) is 9.59 Å². The van der Waals surface area contributed by atoms with Crippen molar-refractivity contribution in [1.82, 2.24) is 0 Å². The normalized spacial score (nSPS) is 37.8. The van der Waals surface area contributed by atoms with Crippen molar-refractivity contribution in [3.63, 3.8) is 0 Å². The number of ether oxygens (including phenoxy) is 4. The van der Waals surface area contributed by atoms with E-state index in [1.165, 1.54) is 12.5 Å². The van der Waals surface area contributed by atoms with Crippen molar-refractivity contribution in [1.29, 1.82) is 0 Å². The zero-order valence-corrected chi connectivity index (χ0v) is 30.7. The predicted molar refractivity (Wildman–Crippen MR) is 192 cm³/mol. The summed E-state index contributed by atoms with van der Waals surface area (Å²) in [6.45, 7) is 10.1. The zero-order chi connectivity index (χ0) is 36.1. The molecule has 0 bridgehead atoms. The summed E-state index contributed by atoms with van der Waals surface area (Å²) >= 11 is 0. The minimum absolute atomic E-state index is 0.0226. The second-order valence-corrected chi connectivity index (χ2v) is 16.9. The van der Waals surface area contributed by atoms with Crippen molar-refractivity contribution in [2.45, 2.75) is 116 Å². The number of aliphatic hydroxyl groups is 1. The average molecular weight is 699 g/mol. The Hall–Kier alpha value is -3.49. The molecule has 4 fully saturated rings. The number of hydrogen-bond acceptors (Lipinski definition) is 8. The third kappa shape index (κ3) is 6.67. The summed E-state index contributed by atoms with van der Waals surface area (Å²) < 4.78 is 24.7. The molecule has 5 aliphatic rings. The molecule has 274 valence electrons. The van der Waals surface area contributed by atoms with Crippen LogP contribution in [0, 0.1) is 40.4 Å². The van der Waals surface area contributed by atoms with Crippen LogP contribution in [-0.4, -0.2) is 59.6 Å². The second-order valence-electron chi connectivity index (χ2n) is 16.9. The fourth-order valence-corrected chi connectivity index (χ4v) is 11.1. The van der Waals surface area contributed by atoms with Gasteiger partial charge in [0.15, 0.2) is 0 Å². The fourth-order valence-electron chi connectivity index (χ4n) is 11.1. The van der Waals surface area contributed by atoms with E-state index < -0.39 is 17.0 Å². The molecule has 0 radical (unpaired) electrons. The Bertz CT molecular complexity index is 1640. The Morgan fingerprint density at radius 1 is 0.922 bits per heavy atom. The van der Waals surface area contributed by atoms with Gasteiger partial charge in [0.05, 0.1) is 28.9 Å². The monoisotopic (exact) mass is 698 g/mol. The van der Waals surface area contributed by atoms with E-state index in [9.17, 15) is 19.5 Å². The van der Waals surface area contributed by atoms with Gasteiger partial charge < -0.3 is 24.1 Å². The predicted octanol–water partition coefficient (Wildman–Crippen LogP) is 7.73. The van der Waals surface area contributed by atoms with Gasteiger partial charge in [0, 0.05) is 18.3 Å². The Morgan fingerprint density at radius 2 is 1.59 bits per heavy atom. The van der Waals surface area contributed by atoms with E-state index in [0.29, 0.717) is 41.7 Å². The van der Waals surface area contributed by atoms with Gasteiger partial charge in [0.1, 0.15) is 18.8 Å². The van der Waals surface area contributed by atoms with Crippen molar-refractivity contribution in [3.05, 3.63) is 83.4 Å². The summed E-state index contributed by atoms with van der Waals surface area (Å²) in [5, 5.41) is 11.2. The summed E-state index contributed by atoms with van der Waals surface area (Å²) in [6, 6.07) is 18.1. The van der Waals surface area contributed by atoms with E-state index >= 15 is 0 Å². The molecule has 51 heavy (non-hydrogen) atoms. The van der Waals surface area contributed by atoms with Gasteiger partial charge in [-0.05, 0) is 112 Å². The SMILES string of the molecule is CC(=O)O[C@H]1CC[C@@]2(C)[C@@H](CC[C@H]3C4=C[C@@H]5O[C@H](CCC(C)(O)COC(=O)c6ccccc6)[C@@H](C)[C@@H]5[C@@]4(C)[C@H](OC(=O)c4ccccc4)C[C@@H]32)C1. The van der Waals surface area contributed by atoms with Crippen molar-refractivity contribution in [3.8, 4) is 0 Å². The van der Waals surface area contributed by atoms with E-state index in [-0.39, 0.29) is 60.2 Å². The van der Waals surface area contributed by atoms with Gasteiger partial charge in [-0.3, -0.25) is 4.79 Å². The number of carbonyl (C=O) groups is 3. The lowest BCUT2D eigenvalue weighted by Crippen LogP contribution is -2.57. The first-order valence-corrected chi connectivity index (χ1v) is 19.1. The van der Waals surface area contributed by atoms with Crippen molar-refractivity contribution >= 4 is 17.9 Å². The molecule has 12 atom stereocenters. The van der Waals surface area contributed by atoms with E-state index in [4.69, 9.17) is 18.9 Å². The highest BCUT2D eigenvalue weighted by Gasteiger charge is 2.66. The molecular formula is C43H54O8. The van der Waals surface area contributed by atoms with Crippen LogP contribution in [0.3, 0.4) is 0 Å². The van der Waals surface area contributed by atoms with Crippen LogP contribution in [0.4, 0.5) is 0 Å². The molecule has 1 aliphatic heterocycles. The van der Waals surface area contributed by atoms with E-state index in [1.807, 2.05) is 36.4 Å². The Balaban J connectivity index is 1.11. The lowest BCUT2D eigenvalue weighted by molar-refractivity contribution is -0.158. The lowest BCUT2D eigenvalue weighted by Gasteiger charge is -2.61.